The highest BCUT2D eigenvalue weighted by Crippen LogP contribution is 2.10. The summed E-state index contributed by atoms with van der Waals surface area (Å²) < 4.78 is 15.2. The van der Waals surface area contributed by atoms with Gasteiger partial charge in [0.05, 0.1) is 24.8 Å². The van der Waals surface area contributed by atoms with E-state index in [2.05, 4.69) is 5.32 Å². The number of hydrogen-bond acceptors (Lipinski definition) is 5. The molecule has 94 valence electrons. The second kappa shape index (κ2) is 6.00. The minimum absolute atomic E-state index is 0.0577. The van der Waals surface area contributed by atoms with E-state index in [4.69, 9.17) is 19.5 Å². The first kappa shape index (κ1) is 12.4. The van der Waals surface area contributed by atoms with Gasteiger partial charge in [-0.3, -0.25) is 5.32 Å². The summed E-state index contributed by atoms with van der Waals surface area (Å²) in [5.41, 5.74) is 1.09. The zero-order valence-electron chi connectivity index (χ0n) is 9.59. The maximum absolute atomic E-state index is 11.4. The van der Waals surface area contributed by atoms with Gasteiger partial charge >= 0.3 is 6.09 Å². The number of carbonyl (C=O) groups excluding carboxylic acids is 1. The van der Waals surface area contributed by atoms with E-state index in [9.17, 15) is 4.79 Å². The molecule has 0 aromatic heterocycles. The van der Waals surface area contributed by atoms with Crippen LogP contribution in [-0.4, -0.2) is 32.2 Å². The standard InChI is InChI=1S/C12H12N2O4/c13-7-9-1-3-10(4-2-9)14-12(15)18-8-11-16-5-6-17-11/h1-4,11H,5-6,8H2,(H,14,15). The van der Waals surface area contributed by atoms with Gasteiger partial charge in [0.2, 0.25) is 0 Å². The van der Waals surface area contributed by atoms with E-state index in [1.807, 2.05) is 6.07 Å². The van der Waals surface area contributed by atoms with Crippen molar-refractivity contribution in [2.45, 2.75) is 6.29 Å². The minimum atomic E-state index is -0.584. The summed E-state index contributed by atoms with van der Waals surface area (Å²) >= 11 is 0. The molecule has 0 spiro atoms. The Morgan fingerprint density at radius 1 is 1.39 bits per heavy atom. The second-order valence-corrected chi connectivity index (χ2v) is 3.58. The molecule has 1 fully saturated rings. The Morgan fingerprint density at radius 2 is 2.06 bits per heavy atom. The lowest BCUT2D eigenvalue weighted by Gasteiger charge is -2.10. The number of rotatable bonds is 3. The van der Waals surface area contributed by atoms with Gasteiger partial charge in [0.15, 0.2) is 6.29 Å². The number of hydrogen-bond donors (Lipinski definition) is 1. The van der Waals surface area contributed by atoms with E-state index in [0.717, 1.165) is 0 Å². The van der Waals surface area contributed by atoms with Crippen LogP contribution in [0.2, 0.25) is 0 Å². The minimum Gasteiger partial charge on any atom is -0.444 e. The van der Waals surface area contributed by atoms with E-state index in [0.29, 0.717) is 24.5 Å². The summed E-state index contributed by atoms with van der Waals surface area (Å²) in [7, 11) is 0. The molecule has 0 bridgehead atoms. The van der Waals surface area contributed by atoms with Gasteiger partial charge in [-0.25, -0.2) is 4.79 Å². The van der Waals surface area contributed by atoms with Crippen molar-refractivity contribution in [1.82, 2.24) is 0 Å². The molecule has 0 saturated carbocycles. The number of nitrogens with one attached hydrogen (secondary N) is 1. The molecule has 1 aliphatic heterocycles. The normalized spacial score (nSPS) is 15.1. The molecule has 6 nitrogen and oxygen atoms in total. The van der Waals surface area contributed by atoms with Crippen LogP contribution in [0.15, 0.2) is 24.3 Å². The lowest BCUT2D eigenvalue weighted by atomic mass is 10.2. The van der Waals surface area contributed by atoms with Crippen LogP contribution >= 0.6 is 0 Å². The molecule has 1 aliphatic rings. The van der Waals surface area contributed by atoms with Crippen molar-refractivity contribution in [3.8, 4) is 6.07 Å². The van der Waals surface area contributed by atoms with Crippen molar-refractivity contribution in [3.63, 3.8) is 0 Å². The maximum atomic E-state index is 11.4. The van der Waals surface area contributed by atoms with Crippen LogP contribution in [0.3, 0.4) is 0 Å². The van der Waals surface area contributed by atoms with E-state index in [1.54, 1.807) is 24.3 Å². The highest BCUT2D eigenvalue weighted by Gasteiger charge is 2.17. The smallest absolute Gasteiger partial charge is 0.411 e. The number of amides is 1. The number of anilines is 1. The predicted molar refractivity (Wildman–Crippen MR) is 61.8 cm³/mol. The molecule has 2 rings (SSSR count). The van der Waals surface area contributed by atoms with E-state index in [-0.39, 0.29) is 6.61 Å². The van der Waals surface area contributed by atoms with E-state index < -0.39 is 12.4 Å². The Balaban J connectivity index is 1.77. The van der Waals surface area contributed by atoms with Crippen LogP contribution in [-0.2, 0) is 14.2 Å². The van der Waals surface area contributed by atoms with E-state index >= 15 is 0 Å². The average molecular weight is 248 g/mol. The monoisotopic (exact) mass is 248 g/mol. The lowest BCUT2D eigenvalue weighted by Crippen LogP contribution is -2.22. The van der Waals surface area contributed by atoms with Gasteiger partial charge in [-0.1, -0.05) is 0 Å². The third-order valence-corrected chi connectivity index (χ3v) is 2.30. The molecular formula is C12H12N2O4. The van der Waals surface area contributed by atoms with Crippen molar-refractivity contribution in [1.29, 1.82) is 5.26 Å². The van der Waals surface area contributed by atoms with Crippen molar-refractivity contribution >= 4 is 11.8 Å². The van der Waals surface area contributed by atoms with Crippen LogP contribution < -0.4 is 5.32 Å². The van der Waals surface area contributed by atoms with Gasteiger partial charge in [0.25, 0.3) is 0 Å². The molecule has 1 aromatic rings. The Labute approximate surface area is 104 Å². The third kappa shape index (κ3) is 3.45. The van der Waals surface area contributed by atoms with Gasteiger partial charge in [0.1, 0.15) is 6.61 Å². The summed E-state index contributed by atoms with van der Waals surface area (Å²) in [5, 5.41) is 11.2. The summed E-state index contributed by atoms with van der Waals surface area (Å²) in [4.78, 5) is 11.4. The molecule has 0 unspecified atom stereocenters. The quantitative estimate of drug-likeness (QED) is 0.876. The molecule has 1 amide bonds. The third-order valence-electron chi connectivity index (χ3n) is 2.30. The van der Waals surface area contributed by atoms with E-state index in [1.165, 1.54) is 0 Å². The summed E-state index contributed by atoms with van der Waals surface area (Å²) in [6.45, 7) is 1.10. The molecule has 6 heteroatoms. The number of ether oxygens (including phenoxy) is 3. The number of carbonyl (C=O) groups is 1. The topological polar surface area (TPSA) is 80.6 Å². The number of benzene rings is 1. The molecular weight excluding hydrogens is 236 g/mol. The second-order valence-electron chi connectivity index (χ2n) is 3.58. The largest absolute Gasteiger partial charge is 0.444 e. The fourth-order valence-corrected chi connectivity index (χ4v) is 1.43. The lowest BCUT2D eigenvalue weighted by molar-refractivity contribution is -0.0759. The Morgan fingerprint density at radius 3 is 2.67 bits per heavy atom. The van der Waals surface area contributed by atoms with Gasteiger partial charge in [0, 0.05) is 5.69 Å². The van der Waals surface area contributed by atoms with Crippen LogP contribution in [0.1, 0.15) is 5.56 Å². The van der Waals surface area contributed by atoms with Crippen molar-refractivity contribution < 1.29 is 19.0 Å². The molecule has 0 atom stereocenters. The Bertz CT molecular complexity index is 446. The van der Waals surface area contributed by atoms with Gasteiger partial charge in [-0.15, -0.1) is 0 Å². The van der Waals surface area contributed by atoms with Crippen LogP contribution in [0.4, 0.5) is 10.5 Å². The summed E-state index contributed by atoms with van der Waals surface area (Å²) in [6, 6.07) is 8.47. The Kier molecular flexibility index (Phi) is 4.12. The molecule has 1 aromatic carbocycles. The van der Waals surface area contributed by atoms with Crippen molar-refractivity contribution in [2.24, 2.45) is 0 Å². The van der Waals surface area contributed by atoms with Crippen molar-refractivity contribution in [3.05, 3.63) is 29.8 Å². The average Bonchev–Trinajstić information content (AvgIpc) is 2.90. The first-order valence-electron chi connectivity index (χ1n) is 5.45. The molecule has 0 radical (unpaired) electrons. The molecule has 1 saturated heterocycles. The first-order chi connectivity index (χ1) is 8.78. The van der Waals surface area contributed by atoms with Crippen LogP contribution in [0.25, 0.3) is 0 Å². The van der Waals surface area contributed by atoms with Crippen molar-refractivity contribution in [2.75, 3.05) is 25.1 Å². The molecule has 1 heterocycles. The summed E-state index contributed by atoms with van der Waals surface area (Å²) in [5.74, 6) is 0. The predicted octanol–water partition coefficient (Wildman–Crippen LogP) is 1.48. The number of nitriles is 1. The van der Waals surface area contributed by atoms with Crippen LogP contribution in [0, 0.1) is 11.3 Å². The fourth-order valence-electron chi connectivity index (χ4n) is 1.43. The zero-order valence-corrected chi connectivity index (χ0v) is 9.59. The zero-order chi connectivity index (χ0) is 12.8. The van der Waals surface area contributed by atoms with Gasteiger partial charge in [-0.2, -0.15) is 5.26 Å². The summed E-state index contributed by atoms with van der Waals surface area (Å²) in [6.07, 6.45) is -1.06. The highest BCUT2D eigenvalue weighted by atomic mass is 16.7. The molecule has 0 aliphatic carbocycles. The van der Waals surface area contributed by atoms with Crippen LogP contribution in [0.5, 0.6) is 0 Å². The maximum Gasteiger partial charge on any atom is 0.411 e. The van der Waals surface area contributed by atoms with Gasteiger partial charge < -0.3 is 14.2 Å². The molecule has 18 heavy (non-hydrogen) atoms. The SMILES string of the molecule is N#Cc1ccc(NC(=O)OCC2OCCO2)cc1. The first-order valence-corrected chi connectivity index (χ1v) is 5.45. The Hall–Kier alpha value is -2.10. The molecule has 1 N–H and O–H groups in total. The number of nitrogens with zero attached hydrogens (tertiary/aromatic N) is 1. The van der Waals surface area contributed by atoms with Gasteiger partial charge in [-0.05, 0) is 24.3 Å². The highest BCUT2D eigenvalue weighted by molar-refractivity contribution is 5.84. The fraction of sp³-hybridized carbons (Fsp3) is 0.333.